The Labute approximate surface area is 131 Å². The van der Waals surface area contributed by atoms with E-state index in [1.807, 2.05) is 13.0 Å². The minimum absolute atomic E-state index is 0.00831. The van der Waals surface area contributed by atoms with E-state index in [9.17, 15) is 13.6 Å². The van der Waals surface area contributed by atoms with Crippen molar-refractivity contribution < 1.29 is 23.0 Å². The monoisotopic (exact) mass is 320 g/mol. The van der Waals surface area contributed by atoms with Crippen molar-refractivity contribution in [3.05, 3.63) is 35.0 Å². The molecule has 0 saturated carbocycles. The molecule has 0 bridgehead atoms. The molecule has 0 aliphatic carbocycles. The molecule has 7 heteroatoms. The van der Waals surface area contributed by atoms with Gasteiger partial charge in [-0.2, -0.15) is 5.26 Å². The molecule has 0 amide bonds. The molecule has 0 fully saturated rings. The van der Waals surface area contributed by atoms with Crippen molar-refractivity contribution in [1.29, 1.82) is 5.26 Å². The first-order chi connectivity index (χ1) is 11.0. The maximum atomic E-state index is 14.1. The molecule has 120 valence electrons. The number of pyridine rings is 1. The first kappa shape index (κ1) is 16.6. The van der Waals surface area contributed by atoms with Gasteiger partial charge >= 0.3 is 6.16 Å². The summed E-state index contributed by atoms with van der Waals surface area (Å²) in [6, 6.07) is 4.10. The zero-order valence-electron chi connectivity index (χ0n) is 12.7. The molecular formula is C16H14F2N2O3. The highest BCUT2D eigenvalue weighted by Gasteiger charge is 2.21. The van der Waals surface area contributed by atoms with E-state index in [0.29, 0.717) is 17.7 Å². The molecule has 1 heterocycles. The molecule has 0 atom stereocenters. The van der Waals surface area contributed by atoms with Crippen LogP contribution in [0.1, 0.15) is 24.6 Å². The number of aromatic nitrogens is 1. The molecule has 1 aromatic heterocycles. The van der Waals surface area contributed by atoms with Crippen molar-refractivity contribution in [2.75, 3.05) is 6.61 Å². The second kappa shape index (κ2) is 7.01. The highest BCUT2D eigenvalue weighted by atomic mass is 19.2. The minimum Gasteiger partial charge on any atom is -0.433 e. The van der Waals surface area contributed by atoms with E-state index < -0.39 is 17.8 Å². The quantitative estimate of drug-likeness (QED) is 0.632. The van der Waals surface area contributed by atoms with E-state index >= 15 is 0 Å². The number of carbonyl (C=O) groups is 1. The number of carbonyl (C=O) groups excluding carboxylic acids is 1. The predicted octanol–water partition coefficient (Wildman–Crippen LogP) is 3.81. The highest BCUT2D eigenvalue weighted by molar-refractivity contribution is 5.89. The van der Waals surface area contributed by atoms with Gasteiger partial charge in [0.15, 0.2) is 17.4 Å². The molecule has 1 aromatic carbocycles. The van der Waals surface area contributed by atoms with E-state index in [1.165, 1.54) is 6.07 Å². The molecule has 0 radical (unpaired) electrons. The van der Waals surface area contributed by atoms with Crippen LogP contribution in [-0.2, 0) is 11.2 Å². The van der Waals surface area contributed by atoms with Crippen LogP contribution >= 0.6 is 0 Å². The van der Waals surface area contributed by atoms with E-state index in [4.69, 9.17) is 14.7 Å². The van der Waals surface area contributed by atoms with Gasteiger partial charge in [0.05, 0.1) is 23.4 Å². The van der Waals surface area contributed by atoms with Crippen LogP contribution in [0.15, 0.2) is 12.1 Å². The van der Waals surface area contributed by atoms with Crippen LogP contribution in [0, 0.1) is 29.9 Å². The Hall–Kier alpha value is -2.75. The average molecular weight is 320 g/mol. The standard InChI is InChI=1S/C16H14F2N2O3/c1-3-11-9(2)15(23-16(21)22-8-4-7-19)13-12(20-11)6-5-10(17)14(13)18/h5-6H,3-4,8H2,1-2H3. The number of ether oxygens (including phenoxy) is 2. The summed E-state index contributed by atoms with van der Waals surface area (Å²) < 4.78 is 37.4. The topological polar surface area (TPSA) is 72.2 Å². The van der Waals surface area contributed by atoms with Gasteiger partial charge in [-0.05, 0) is 25.5 Å². The summed E-state index contributed by atoms with van der Waals surface area (Å²) in [5.74, 6) is -2.32. The normalized spacial score (nSPS) is 10.4. The molecule has 0 aliphatic rings. The fourth-order valence-electron chi connectivity index (χ4n) is 2.16. The van der Waals surface area contributed by atoms with Crippen LogP contribution in [-0.4, -0.2) is 17.7 Å². The SMILES string of the molecule is CCc1nc2ccc(F)c(F)c2c(OC(=O)OCCC#N)c1C. The summed E-state index contributed by atoms with van der Waals surface area (Å²) in [6.45, 7) is 3.30. The molecular weight excluding hydrogens is 306 g/mol. The molecule has 0 N–H and O–H groups in total. The van der Waals surface area contributed by atoms with E-state index in [-0.39, 0.29) is 29.7 Å². The van der Waals surface area contributed by atoms with Crippen molar-refractivity contribution in [1.82, 2.24) is 4.98 Å². The lowest BCUT2D eigenvalue weighted by atomic mass is 10.1. The Kier molecular flexibility index (Phi) is 5.06. The molecule has 0 aliphatic heterocycles. The fraction of sp³-hybridized carbons (Fsp3) is 0.312. The summed E-state index contributed by atoms with van der Waals surface area (Å²) in [6.07, 6.45) is -0.545. The number of aryl methyl sites for hydroxylation is 1. The number of fused-ring (bicyclic) bond motifs is 1. The Morgan fingerprint density at radius 3 is 2.78 bits per heavy atom. The maximum absolute atomic E-state index is 14.1. The van der Waals surface area contributed by atoms with Gasteiger partial charge in [-0.15, -0.1) is 0 Å². The van der Waals surface area contributed by atoms with Crippen molar-refractivity contribution >= 4 is 17.1 Å². The molecule has 0 unspecified atom stereocenters. The first-order valence-electron chi connectivity index (χ1n) is 6.98. The van der Waals surface area contributed by atoms with Gasteiger partial charge in [0.25, 0.3) is 0 Å². The van der Waals surface area contributed by atoms with Crippen molar-refractivity contribution in [2.24, 2.45) is 0 Å². The Balaban J connectivity index is 2.51. The summed E-state index contributed by atoms with van der Waals surface area (Å²) in [5, 5.41) is 8.20. The molecule has 0 saturated heterocycles. The lowest BCUT2D eigenvalue weighted by molar-refractivity contribution is 0.101. The van der Waals surface area contributed by atoms with Crippen molar-refractivity contribution in [3.8, 4) is 11.8 Å². The van der Waals surface area contributed by atoms with Gasteiger partial charge < -0.3 is 9.47 Å². The fourth-order valence-corrected chi connectivity index (χ4v) is 2.16. The zero-order chi connectivity index (χ0) is 17.0. The Morgan fingerprint density at radius 1 is 1.39 bits per heavy atom. The minimum atomic E-state index is -1.14. The van der Waals surface area contributed by atoms with Crippen LogP contribution in [0.3, 0.4) is 0 Å². The van der Waals surface area contributed by atoms with Crippen LogP contribution in [0.5, 0.6) is 5.75 Å². The number of rotatable bonds is 4. The third-order valence-corrected chi connectivity index (χ3v) is 3.28. The van der Waals surface area contributed by atoms with Crippen molar-refractivity contribution in [2.45, 2.75) is 26.7 Å². The summed E-state index contributed by atoms with van der Waals surface area (Å²) >= 11 is 0. The van der Waals surface area contributed by atoms with E-state index in [1.54, 1.807) is 6.92 Å². The number of nitriles is 1. The first-order valence-corrected chi connectivity index (χ1v) is 6.98. The van der Waals surface area contributed by atoms with E-state index in [0.717, 1.165) is 6.07 Å². The van der Waals surface area contributed by atoms with Gasteiger partial charge in [-0.3, -0.25) is 4.98 Å². The average Bonchev–Trinajstić information content (AvgIpc) is 2.53. The smallest absolute Gasteiger partial charge is 0.433 e. The molecule has 0 spiro atoms. The second-order valence-corrected chi connectivity index (χ2v) is 4.73. The Morgan fingerprint density at radius 2 is 2.13 bits per heavy atom. The van der Waals surface area contributed by atoms with Gasteiger partial charge in [-0.25, -0.2) is 13.6 Å². The van der Waals surface area contributed by atoms with Crippen LogP contribution in [0.25, 0.3) is 10.9 Å². The lowest BCUT2D eigenvalue weighted by Crippen LogP contribution is -2.13. The summed E-state index contributed by atoms with van der Waals surface area (Å²) in [5.41, 5.74) is 1.22. The largest absolute Gasteiger partial charge is 0.513 e. The zero-order valence-corrected chi connectivity index (χ0v) is 12.7. The highest BCUT2D eigenvalue weighted by Crippen LogP contribution is 2.33. The number of benzene rings is 1. The number of hydrogen-bond acceptors (Lipinski definition) is 5. The molecule has 2 rings (SSSR count). The van der Waals surface area contributed by atoms with Crippen LogP contribution in [0.2, 0.25) is 0 Å². The number of hydrogen-bond donors (Lipinski definition) is 0. The predicted molar refractivity (Wildman–Crippen MR) is 78.0 cm³/mol. The van der Waals surface area contributed by atoms with E-state index in [2.05, 4.69) is 4.98 Å². The van der Waals surface area contributed by atoms with Gasteiger partial charge in [0.2, 0.25) is 0 Å². The Bertz CT molecular complexity index is 800. The molecule has 2 aromatic rings. The van der Waals surface area contributed by atoms with Gasteiger partial charge in [0.1, 0.15) is 6.61 Å². The maximum Gasteiger partial charge on any atom is 0.513 e. The third-order valence-electron chi connectivity index (χ3n) is 3.28. The second-order valence-electron chi connectivity index (χ2n) is 4.73. The van der Waals surface area contributed by atoms with Gasteiger partial charge in [0, 0.05) is 11.3 Å². The molecule has 23 heavy (non-hydrogen) atoms. The number of nitrogens with zero attached hydrogens (tertiary/aromatic N) is 2. The number of halogens is 2. The van der Waals surface area contributed by atoms with Crippen molar-refractivity contribution in [3.63, 3.8) is 0 Å². The third kappa shape index (κ3) is 3.37. The molecule has 5 nitrogen and oxygen atoms in total. The van der Waals surface area contributed by atoms with Crippen LogP contribution < -0.4 is 4.74 Å². The summed E-state index contributed by atoms with van der Waals surface area (Å²) in [7, 11) is 0. The lowest BCUT2D eigenvalue weighted by Gasteiger charge is -2.14. The van der Waals surface area contributed by atoms with Gasteiger partial charge in [-0.1, -0.05) is 6.92 Å². The van der Waals surface area contributed by atoms with Crippen LogP contribution in [0.4, 0.5) is 13.6 Å². The summed E-state index contributed by atoms with van der Waals surface area (Å²) in [4.78, 5) is 15.9.